The summed E-state index contributed by atoms with van der Waals surface area (Å²) in [6, 6.07) is 18.3. The molecule has 7 heteroatoms. The summed E-state index contributed by atoms with van der Waals surface area (Å²) in [4.78, 5) is 10.6. The molecule has 3 aromatic rings. The third kappa shape index (κ3) is 4.31. The van der Waals surface area contributed by atoms with Crippen LogP contribution in [-0.2, 0) is 22.1 Å². The van der Waals surface area contributed by atoms with Gasteiger partial charge < -0.3 is 0 Å². The van der Waals surface area contributed by atoms with E-state index >= 15 is 0 Å². The highest BCUT2D eigenvalue weighted by Crippen LogP contribution is 2.15. The Balaban J connectivity index is 1.69. The SMILES string of the molecule is O=[N+]([O-])c1ccc(C[n+]2ccc(CS(=O)(=O)c3ccccc3)cc2)cc1. The topological polar surface area (TPSA) is 81.2 Å². The molecule has 1 heterocycles. The van der Waals surface area contributed by atoms with Crippen LogP contribution >= 0.6 is 0 Å². The van der Waals surface area contributed by atoms with Crippen LogP contribution in [0.2, 0.25) is 0 Å². The molecule has 6 nitrogen and oxygen atoms in total. The molecule has 0 aliphatic carbocycles. The van der Waals surface area contributed by atoms with Gasteiger partial charge in [0.1, 0.15) is 0 Å². The molecule has 0 bridgehead atoms. The number of non-ortho nitro benzene ring substituents is 1. The Labute approximate surface area is 151 Å². The van der Waals surface area contributed by atoms with Crippen LogP contribution in [0.1, 0.15) is 11.1 Å². The lowest BCUT2D eigenvalue weighted by Crippen LogP contribution is -2.33. The summed E-state index contributed by atoms with van der Waals surface area (Å²) >= 11 is 0. The fourth-order valence-corrected chi connectivity index (χ4v) is 3.92. The van der Waals surface area contributed by atoms with Crippen molar-refractivity contribution in [2.45, 2.75) is 17.2 Å². The van der Waals surface area contributed by atoms with Crippen molar-refractivity contribution >= 4 is 15.5 Å². The zero-order valence-electron chi connectivity index (χ0n) is 13.9. The van der Waals surface area contributed by atoms with Crippen LogP contribution in [0.15, 0.2) is 84.0 Å². The van der Waals surface area contributed by atoms with Crippen LogP contribution in [0.25, 0.3) is 0 Å². The fourth-order valence-electron chi connectivity index (χ4n) is 2.55. The first kappa shape index (κ1) is 17.8. The minimum absolute atomic E-state index is 0.0558. The number of benzene rings is 2. The third-order valence-electron chi connectivity index (χ3n) is 3.93. The normalized spacial score (nSPS) is 11.2. The second-order valence-electron chi connectivity index (χ2n) is 5.87. The fraction of sp³-hybridized carbons (Fsp3) is 0.105. The van der Waals surface area contributed by atoms with E-state index in [0.29, 0.717) is 17.0 Å². The summed E-state index contributed by atoms with van der Waals surface area (Å²) in [7, 11) is -3.37. The van der Waals surface area contributed by atoms with Crippen molar-refractivity contribution in [1.29, 1.82) is 0 Å². The van der Waals surface area contributed by atoms with Crippen molar-refractivity contribution in [3.05, 3.63) is 100 Å². The standard InChI is InChI=1S/C19H17N2O4S/c22-21(23)18-8-6-16(7-9-18)14-20-12-10-17(11-13-20)15-26(24,25)19-4-2-1-3-5-19/h1-13H,14-15H2/q+1. The maximum Gasteiger partial charge on any atom is 0.269 e. The molecule has 0 radical (unpaired) electrons. The number of nitro benzene ring substituents is 1. The summed E-state index contributed by atoms with van der Waals surface area (Å²) < 4.78 is 26.7. The molecule has 0 aliphatic heterocycles. The van der Waals surface area contributed by atoms with Gasteiger partial charge in [-0.15, -0.1) is 0 Å². The van der Waals surface area contributed by atoms with Crippen molar-refractivity contribution in [3.63, 3.8) is 0 Å². The Morgan fingerprint density at radius 2 is 1.46 bits per heavy atom. The number of nitrogens with zero attached hydrogens (tertiary/aromatic N) is 2. The smallest absolute Gasteiger partial charge is 0.258 e. The average molecular weight is 369 g/mol. The van der Waals surface area contributed by atoms with E-state index in [4.69, 9.17) is 0 Å². The van der Waals surface area contributed by atoms with Crippen molar-refractivity contribution in [2.75, 3.05) is 0 Å². The monoisotopic (exact) mass is 369 g/mol. The molecule has 0 N–H and O–H groups in total. The predicted molar refractivity (Wildman–Crippen MR) is 96.2 cm³/mol. The molecule has 0 unspecified atom stereocenters. The molecule has 0 aliphatic rings. The molecule has 3 rings (SSSR count). The first-order valence-electron chi connectivity index (χ1n) is 7.93. The van der Waals surface area contributed by atoms with Crippen LogP contribution in [0, 0.1) is 10.1 Å². The van der Waals surface area contributed by atoms with Crippen LogP contribution in [0.5, 0.6) is 0 Å². The lowest BCUT2D eigenvalue weighted by molar-refractivity contribution is -0.688. The van der Waals surface area contributed by atoms with Gasteiger partial charge in [0.15, 0.2) is 28.8 Å². The Bertz CT molecular complexity index is 1000. The molecule has 2 aromatic carbocycles. The minimum atomic E-state index is -3.37. The molecular weight excluding hydrogens is 352 g/mol. The number of rotatable bonds is 6. The highest BCUT2D eigenvalue weighted by atomic mass is 32.2. The zero-order valence-corrected chi connectivity index (χ0v) is 14.7. The van der Waals surface area contributed by atoms with E-state index in [9.17, 15) is 18.5 Å². The molecule has 132 valence electrons. The van der Waals surface area contributed by atoms with Crippen molar-refractivity contribution in [2.24, 2.45) is 0 Å². The molecule has 26 heavy (non-hydrogen) atoms. The molecule has 0 spiro atoms. The second-order valence-corrected chi connectivity index (χ2v) is 7.86. The summed E-state index contributed by atoms with van der Waals surface area (Å²) in [6.07, 6.45) is 3.61. The number of hydrogen-bond acceptors (Lipinski definition) is 4. The van der Waals surface area contributed by atoms with Gasteiger partial charge in [0.25, 0.3) is 5.69 Å². The van der Waals surface area contributed by atoms with Gasteiger partial charge >= 0.3 is 0 Å². The van der Waals surface area contributed by atoms with Crippen molar-refractivity contribution < 1.29 is 17.9 Å². The third-order valence-corrected chi connectivity index (χ3v) is 5.64. The van der Waals surface area contributed by atoms with E-state index in [2.05, 4.69) is 0 Å². The number of hydrogen-bond donors (Lipinski definition) is 0. The Morgan fingerprint density at radius 1 is 0.846 bits per heavy atom. The summed E-state index contributed by atoms with van der Waals surface area (Å²) in [5.41, 5.74) is 1.68. The van der Waals surface area contributed by atoms with Gasteiger partial charge in [0.05, 0.1) is 15.6 Å². The average Bonchev–Trinajstić information content (AvgIpc) is 2.64. The van der Waals surface area contributed by atoms with Crippen molar-refractivity contribution in [3.8, 4) is 0 Å². The summed E-state index contributed by atoms with van der Waals surface area (Å²) in [5, 5.41) is 10.7. The van der Waals surface area contributed by atoms with E-state index in [1.54, 1.807) is 67.0 Å². The lowest BCUT2D eigenvalue weighted by Gasteiger charge is -2.04. The maximum absolute atomic E-state index is 12.4. The predicted octanol–water partition coefficient (Wildman–Crippen LogP) is 2.90. The molecule has 0 amide bonds. The van der Waals surface area contributed by atoms with Crippen LogP contribution in [-0.4, -0.2) is 13.3 Å². The van der Waals surface area contributed by atoms with Crippen LogP contribution < -0.4 is 4.57 Å². The molecule has 0 saturated heterocycles. The Hall–Kier alpha value is -3.06. The zero-order chi connectivity index (χ0) is 18.6. The molecular formula is C19H17N2O4S+. The first-order valence-corrected chi connectivity index (χ1v) is 9.58. The number of nitro groups is 1. The van der Waals surface area contributed by atoms with Gasteiger partial charge in [-0.2, -0.15) is 0 Å². The van der Waals surface area contributed by atoms with E-state index in [-0.39, 0.29) is 11.4 Å². The molecule has 0 saturated carbocycles. The van der Waals surface area contributed by atoms with E-state index < -0.39 is 14.8 Å². The van der Waals surface area contributed by atoms with Gasteiger partial charge in [-0.05, 0) is 29.8 Å². The van der Waals surface area contributed by atoms with Gasteiger partial charge in [-0.3, -0.25) is 10.1 Å². The van der Waals surface area contributed by atoms with Gasteiger partial charge in [0, 0.05) is 29.8 Å². The van der Waals surface area contributed by atoms with E-state index in [1.807, 2.05) is 4.57 Å². The maximum atomic E-state index is 12.4. The Kier molecular flexibility index (Phi) is 5.09. The first-order chi connectivity index (χ1) is 12.4. The molecule has 1 aromatic heterocycles. The Morgan fingerprint density at radius 3 is 2.04 bits per heavy atom. The summed E-state index contributed by atoms with van der Waals surface area (Å²) in [5.74, 6) is -0.0601. The summed E-state index contributed by atoms with van der Waals surface area (Å²) in [6.45, 7) is 0.545. The van der Waals surface area contributed by atoms with Gasteiger partial charge in [-0.1, -0.05) is 18.2 Å². The quantitative estimate of drug-likeness (QED) is 0.380. The van der Waals surface area contributed by atoms with E-state index in [1.165, 1.54) is 12.1 Å². The van der Waals surface area contributed by atoms with Crippen LogP contribution in [0.3, 0.4) is 0 Å². The number of aromatic nitrogens is 1. The highest BCUT2D eigenvalue weighted by Gasteiger charge is 2.15. The van der Waals surface area contributed by atoms with Crippen LogP contribution in [0.4, 0.5) is 5.69 Å². The minimum Gasteiger partial charge on any atom is -0.258 e. The lowest BCUT2D eigenvalue weighted by atomic mass is 10.2. The second kappa shape index (κ2) is 7.45. The largest absolute Gasteiger partial charge is 0.269 e. The van der Waals surface area contributed by atoms with E-state index in [0.717, 1.165) is 5.56 Å². The molecule has 0 atom stereocenters. The number of pyridine rings is 1. The molecule has 0 fully saturated rings. The van der Waals surface area contributed by atoms with Gasteiger partial charge in [-0.25, -0.2) is 13.0 Å². The highest BCUT2D eigenvalue weighted by molar-refractivity contribution is 7.90. The van der Waals surface area contributed by atoms with Gasteiger partial charge in [0.2, 0.25) is 0 Å². The van der Waals surface area contributed by atoms with Crippen molar-refractivity contribution in [1.82, 2.24) is 0 Å². The number of sulfone groups is 1.